The summed E-state index contributed by atoms with van der Waals surface area (Å²) in [6, 6.07) is 0. The number of ketones is 1. The third kappa shape index (κ3) is 2.23. The van der Waals surface area contributed by atoms with Gasteiger partial charge in [-0.2, -0.15) is 0 Å². The van der Waals surface area contributed by atoms with Gasteiger partial charge in [-0.25, -0.2) is 0 Å². The molecule has 5 aliphatic rings. The summed E-state index contributed by atoms with van der Waals surface area (Å²) in [4.78, 5) is 12.6. The Morgan fingerprint density at radius 2 is 1.57 bits per heavy atom. The Hall–Kier alpha value is -0.590. The molecule has 0 N–H and O–H groups in total. The van der Waals surface area contributed by atoms with Gasteiger partial charge >= 0.3 is 0 Å². The normalized spacial score (nSPS) is 54.9. The van der Waals surface area contributed by atoms with Crippen molar-refractivity contribution >= 4 is 5.78 Å². The summed E-state index contributed by atoms with van der Waals surface area (Å²) >= 11 is 0. The molecule has 5 rings (SSSR count). The van der Waals surface area contributed by atoms with Crippen molar-refractivity contribution < 1.29 is 4.79 Å². The number of fused-ring (bicyclic) bond motifs is 7. The highest BCUT2D eigenvalue weighted by atomic mass is 16.1. The molecule has 0 saturated heterocycles. The highest BCUT2D eigenvalue weighted by molar-refractivity contribution is 5.84. The van der Waals surface area contributed by atoms with Gasteiger partial charge in [0, 0.05) is 12.3 Å². The van der Waals surface area contributed by atoms with Crippen LogP contribution < -0.4 is 0 Å². The topological polar surface area (TPSA) is 17.1 Å². The van der Waals surface area contributed by atoms with Crippen molar-refractivity contribution in [1.29, 1.82) is 0 Å². The van der Waals surface area contributed by atoms with Crippen molar-refractivity contribution in [3.05, 3.63) is 11.6 Å². The lowest BCUT2D eigenvalue weighted by Crippen LogP contribution is -2.60. The molecule has 0 aliphatic heterocycles. The second-order valence-corrected chi connectivity index (χ2v) is 13.3. The monoisotopic (exact) mass is 382 g/mol. The van der Waals surface area contributed by atoms with Crippen molar-refractivity contribution in [3.8, 4) is 0 Å². The van der Waals surface area contributed by atoms with Crippen LogP contribution in [0.1, 0.15) is 106 Å². The van der Waals surface area contributed by atoms with Gasteiger partial charge in [-0.3, -0.25) is 4.79 Å². The first-order valence-corrected chi connectivity index (χ1v) is 12.2. The SMILES string of the molecule is CC1(C)CC[C@]2(C)CC[C@]3(C)C(=CC[C@@H]4[C@]5(C)CCC(=O)[C@@H]5CC[C@@]43C)[C@@H]2C1. The molecule has 4 fully saturated rings. The third-order valence-electron chi connectivity index (χ3n) is 11.6. The van der Waals surface area contributed by atoms with E-state index in [1.165, 1.54) is 44.9 Å². The molecule has 0 aromatic heterocycles. The molecule has 0 unspecified atom stereocenters. The Morgan fingerprint density at radius 1 is 0.857 bits per heavy atom. The molecule has 0 aromatic carbocycles. The number of carbonyl (C=O) groups excluding carboxylic acids is 1. The maximum Gasteiger partial charge on any atom is 0.136 e. The van der Waals surface area contributed by atoms with E-state index >= 15 is 0 Å². The minimum absolute atomic E-state index is 0.252. The second-order valence-electron chi connectivity index (χ2n) is 13.3. The van der Waals surface area contributed by atoms with Crippen molar-refractivity contribution in [1.82, 2.24) is 0 Å². The van der Waals surface area contributed by atoms with Gasteiger partial charge in [0.15, 0.2) is 0 Å². The number of carbonyl (C=O) groups is 1. The van der Waals surface area contributed by atoms with E-state index in [1.54, 1.807) is 0 Å². The average Bonchev–Trinajstić information content (AvgIpc) is 2.92. The molecule has 28 heavy (non-hydrogen) atoms. The highest BCUT2D eigenvalue weighted by Gasteiger charge is 2.66. The van der Waals surface area contributed by atoms with Crippen LogP contribution in [-0.4, -0.2) is 5.78 Å². The molecule has 1 heteroatoms. The maximum atomic E-state index is 12.6. The first-order chi connectivity index (χ1) is 13.0. The molecule has 0 spiro atoms. The van der Waals surface area contributed by atoms with E-state index in [1.807, 2.05) is 5.57 Å². The summed E-state index contributed by atoms with van der Waals surface area (Å²) in [5, 5.41) is 0. The van der Waals surface area contributed by atoms with Gasteiger partial charge in [0.2, 0.25) is 0 Å². The van der Waals surface area contributed by atoms with Gasteiger partial charge < -0.3 is 0 Å². The van der Waals surface area contributed by atoms with Gasteiger partial charge in [0.25, 0.3) is 0 Å². The van der Waals surface area contributed by atoms with E-state index in [0.29, 0.717) is 39.3 Å². The van der Waals surface area contributed by atoms with Gasteiger partial charge in [0.1, 0.15) is 5.78 Å². The van der Waals surface area contributed by atoms with Crippen molar-refractivity contribution in [2.24, 2.45) is 44.8 Å². The van der Waals surface area contributed by atoms with Crippen LogP contribution in [0.25, 0.3) is 0 Å². The predicted molar refractivity (Wildman–Crippen MR) is 116 cm³/mol. The molecule has 0 bridgehead atoms. The number of hydrogen-bond donors (Lipinski definition) is 0. The van der Waals surface area contributed by atoms with E-state index in [4.69, 9.17) is 0 Å². The van der Waals surface area contributed by atoms with Gasteiger partial charge in [-0.05, 0) is 96.7 Å². The van der Waals surface area contributed by atoms with Crippen LogP contribution in [0.4, 0.5) is 0 Å². The predicted octanol–water partition coefficient (Wildman–Crippen LogP) is 7.35. The third-order valence-corrected chi connectivity index (χ3v) is 11.6. The fourth-order valence-corrected chi connectivity index (χ4v) is 9.33. The molecule has 7 atom stereocenters. The Balaban J connectivity index is 1.59. The second kappa shape index (κ2) is 5.55. The summed E-state index contributed by atoms with van der Waals surface area (Å²) in [6.45, 7) is 15.4. The first-order valence-electron chi connectivity index (χ1n) is 12.2. The largest absolute Gasteiger partial charge is 0.299 e. The summed E-state index contributed by atoms with van der Waals surface area (Å²) in [6.07, 6.45) is 15.3. The molecule has 5 aliphatic carbocycles. The quantitative estimate of drug-likeness (QED) is 0.400. The van der Waals surface area contributed by atoms with Crippen molar-refractivity contribution in [2.45, 2.75) is 106 Å². The molecule has 0 amide bonds. The zero-order valence-corrected chi connectivity index (χ0v) is 19.3. The Bertz CT molecular complexity index is 745. The molecular weight excluding hydrogens is 340 g/mol. The van der Waals surface area contributed by atoms with Crippen LogP contribution in [0.15, 0.2) is 11.6 Å². The molecule has 0 heterocycles. The Labute approximate surface area is 173 Å². The van der Waals surface area contributed by atoms with Crippen LogP contribution in [0.3, 0.4) is 0 Å². The number of allylic oxidation sites excluding steroid dienone is 2. The summed E-state index contributed by atoms with van der Waals surface area (Å²) in [7, 11) is 0. The van der Waals surface area contributed by atoms with Crippen molar-refractivity contribution in [3.63, 3.8) is 0 Å². The lowest BCUT2D eigenvalue weighted by atomic mass is 9.36. The van der Waals surface area contributed by atoms with E-state index < -0.39 is 0 Å². The van der Waals surface area contributed by atoms with Crippen LogP contribution >= 0.6 is 0 Å². The summed E-state index contributed by atoms with van der Waals surface area (Å²) < 4.78 is 0. The Kier molecular flexibility index (Phi) is 3.84. The van der Waals surface area contributed by atoms with E-state index in [9.17, 15) is 4.79 Å². The lowest BCUT2D eigenvalue weighted by Gasteiger charge is -2.68. The molecule has 1 nitrogen and oxygen atoms in total. The van der Waals surface area contributed by atoms with Crippen LogP contribution in [-0.2, 0) is 4.79 Å². The van der Waals surface area contributed by atoms with E-state index in [0.717, 1.165) is 25.2 Å². The van der Waals surface area contributed by atoms with Gasteiger partial charge in [-0.15, -0.1) is 0 Å². The zero-order valence-electron chi connectivity index (χ0n) is 19.3. The van der Waals surface area contributed by atoms with Gasteiger partial charge in [0.05, 0.1) is 0 Å². The average molecular weight is 383 g/mol. The number of rotatable bonds is 0. The lowest BCUT2D eigenvalue weighted by molar-refractivity contribution is -0.147. The smallest absolute Gasteiger partial charge is 0.136 e. The molecule has 156 valence electrons. The minimum Gasteiger partial charge on any atom is -0.299 e. The highest BCUT2D eigenvalue weighted by Crippen LogP contribution is 2.74. The molecule has 0 aromatic rings. The first kappa shape index (κ1) is 19.4. The standard InChI is InChI=1S/C27H42O/c1-23(2)13-14-24(3)15-16-26(5)18(20(24)17-23)7-8-22-25(4)11-10-21(28)19(25)9-12-27(22,26)6/h7,19-20,22H,8-17H2,1-6H3/t19-,20-,22+,24+,25+,26+,27-/m0/s1. The summed E-state index contributed by atoms with van der Waals surface area (Å²) in [5.74, 6) is 2.41. The van der Waals surface area contributed by atoms with E-state index in [2.05, 4.69) is 47.6 Å². The van der Waals surface area contributed by atoms with E-state index in [-0.39, 0.29) is 5.41 Å². The van der Waals surface area contributed by atoms with Crippen LogP contribution in [0, 0.1) is 44.8 Å². The fraction of sp³-hybridized carbons (Fsp3) is 0.889. The number of hydrogen-bond acceptors (Lipinski definition) is 1. The maximum absolute atomic E-state index is 12.6. The molecule has 0 radical (unpaired) electrons. The van der Waals surface area contributed by atoms with Crippen molar-refractivity contribution in [2.75, 3.05) is 0 Å². The van der Waals surface area contributed by atoms with Crippen LogP contribution in [0.5, 0.6) is 0 Å². The molecule has 4 saturated carbocycles. The Morgan fingerprint density at radius 3 is 2.32 bits per heavy atom. The zero-order chi connectivity index (χ0) is 20.2. The minimum atomic E-state index is 0.252. The number of Topliss-reactive ketones (excluding diaryl/α,β-unsaturated/α-hetero) is 1. The fourth-order valence-electron chi connectivity index (χ4n) is 9.33. The van der Waals surface area contributed by atoms with Gasteiger partial charge in [-0.1, -0.05) is 53.2 Å². The summed E-state index contributed by atoms with van der Waals surface area (Å²) in [5.41, 5.74) is 3.82. The van der Waals surface area contributed by atoms with Crippen LogP contribution in [0.2, 0.25) is 0 Å². The molecular formula is C27H42O.